The highest BCUT2D eigenvalue weighted by atomic mass is 16.5. The van der Waals surface area contributed by atoms with E-state index >= 15 is 0 Å². The molecule has 17 heavy (non-hydrogen) atoms. The lowest BCUT2D eigenvalue weighted by atomic mass is 10.2. The van der Waals surface area contributed by atoms with Crippen LogP contribution in [0.1, 0.15) is 30.1 Å². The van der Waals surface area contributed by atoms with Gasteiger partial charge in [-0.3, -0.25) is 4.79 Å². The molecule has 1 aromatic carbocycles. The lowest BCUT2D eigenvalue weighted by molar-refractivity contribution is 0.0944. The van der Waals surface area contributed by atoms with Gasteiger partial charge in [-0.2, -0.15) is 0 Å². The number of nitrogens with one attached hydrogen (secondary N) is 1. The number of hydrogen-bond acceptors (Lipinski definition) is 2. The largest absolute Gasteiger partial charge is 0.494 e. The van der Waals surface area contributed by atoms with Crippen molar-refractivity contribution in [2.45, 2.75) is 25.8 Å². The Balaban J connectivity index is 2.02. The van der Waals surface area contributed by atoms with Crippen LogP contribution in [0.4, 0.5) is 0 Å². The Morgan fingerprint density at radius 2 is 2.41 bits per heavy atom. The molecule has 0 heterocycles. The molecule has 0 saturated heterocycles. The predicted octanol–water partition coefficient (Wildman–Crippen LogP) is 2.53. The zero-order valence-corrected chi connectivity index (χ0v) is 9.98. The van der Waals surface area contributed by atoms with Crippen molar-refractivity contribution in [2.24, 2.45) is 0 Å². The second-order valence-corrected chi connectivity index (χ2v) is 4.05. The lowest BCUT2D eigenvalue weighted by Gasteiger charge is -2.11. The minimum atomic E-state index is -0.0388. The summed E-state index contributed by atoms with van der Waals surface area (Å²) in [6, 6.07) is 7.45. The molecule has 3 nitrogen and oxygen atoms in total. The van der Waals surface area contributed by atoms with Crippen molar-refractivity contribution in [3.63, 3.8) is 0 Å². The first-order valence-corrected chi connectivity index (χ1v) is 6.00. The minimum Gasteiger partial charge on any atom is -0.494 e. The van der Waals surface area contributed by atoms with E-state index in [4.69, 9.17) is 4.74 Å². The van der Waals surface area contributed by atoms with Crippen molar-refractivity contribution in [3.05, 3.63) is 42.0 Å². The number of ether oxygens (including phenoxy) is 1. The van der Waals surface area contributed by atoms with Crippen LogP contribution in [0.3, 0.4) is 0 Å². The molecule has 1 aliphatic rings. The van der Waals surface area contributed by atoms with Gasteiger partial charge in [-0.05, 0) is 38.0 Å². The molecule has 1 amide bonds. The van der Waals surface area contributed by atoms with Gasteiger partial charge in [-0.15, -0.1) is 0 Å². The summed E-state index contributed by atoms with van der Waals surface area (Å²) in [5.74, 6) is 0.699. The van der Waals surface area contributed by atoms with E-state index in [9.17, 15) is 4.79 Å². The summed E-state index contributed by atoms with van der Waals surface area (Å²) in [7, 11) is 0. The van der Waals surface area contributed by atoms with Gasteiger partial charge in [0, 0.05) is 11.6 Å². The highest BCUT2D eigenvalue weighted by Crippen LogP contribution is 2.14. The van der Waals surface area contributed by atoms with Gasteiger partial charge in [0.25, 0.3) is 5.91 Å². The van der Waals surface area contributed by atoms with E-state index in [0.29, 0.717) is 12.2 Å². The van der Waals surface area contributed by atoms with Crippen LogP contribution >= 0.6 is 0 Å². The van der Waals surface area contributed by atoms with E-state index in [-0.39, 0.29) is 11.9 Å². The maximum atomic E-state index is 12.0. The molecule has 90 valence electrons. The van der Waals surface area contributed by atoms with E-state index in [1.165, 1.54) is 0 Å². The molecule has 0 radical (unpaired) electrons. The third kappa shape index (κ3) is 3.09. The Morgan fingerprint density at radius 1 is 1.53 bits per heavy atom. The molecule has 0 spiro atoms. The Hall–Kier alpha value is -1.77. The third-order valence-corrected chi connectivity index (χ3v) is 2.74. The van der Waals surface area contributed by atoms with Gasteiger partial charge in [0.05, 0.1) is 6.61 Å². The third-order valence-electron chi connectivity index (χ3n) is 2.74. The SMILES string of the molecule is CCOc1cccc(C(=O)NC2C=CCC2)c1. The molecule has 1 aromatic rings. The summed E-state index contributed by atoms with van der Waals surface area (Å²) in [4.78, 5) is 12.0. The Bertz CT molecular complexity index is 426. The summed E-state index contributed by atoms with van der Waals surface area (Å²) in [6.07, 6.45) is 6.19. The van der Waals surface area contributed by atoms with Crippen LogP contribution in [0.15, 0.2) is 36.4 Å². The average Bonchev–Trinajstić information content (AvgIpc) is 2.83. The van der Waals surface area contributed by atoms with Crippen molar-refractivity contribution in [3.8, 4) is 5.75 Å². The molecule has 1 atom stereocenters. The maximum Gasteiger partial charge on any atom is 0.251 e. The lowest BCUT2D eigenvalue weighted by Crippen LogP contribution is -2.31. The summed E-state index contributed by atoms with van der Waals surface area (Å²) < 4.78 is 5.37. The smallest absolute Gasteiger partial charge is 0.251 e. The van der Waals surface area contributed by atoms with Crippen molar-refractivity contribution < 1.29 is 9.53 Å². The number of benzene rings is 1. The number of amides is 1. The van der Waals surface area contributed by atoms with E-state index in [1.54, 1.807) is 12.1 Å². The monoisotopic (exact) mass is 231 g/mol. The van der Waals surface area contributed by atoms with Crippen LogP contribution in [0, 0.1) is 0 Å². The van der Waals surface area contributed by atoms with Crippen LogP contribution in [0.25, 0.3) is 0 Å². The van der Waals surface area contributed by atoms with Crippen molar-refractivity contribution in [1.82, 2.24) is 5.32 Å². The number of rotatable bonds is 4. The van der Waals surface area contributed by atoms with Crippen LogP contribution in [-0.4, -0.2) is 18.6 Å². The molecule has 1 unspecified atom stereocenters. The van der Waals surface area contributed by atoms with Gasteiger partial charge >= 0.3 is 0 Å². The molecular formula is C14H17NO2. The number of carbonyl (C=O) groups excluding carboxylic acids is 1. The molecule has 0 aromatic heterocycles. The maximum absolute atomic E-state index is 12.0. The van der Waals surface area contributed by atoms with Crippen LogP contribution in [0.2, 0.25) is 0 Å². The van der Waals surface area contributed by atoms with Gasteiger partial charge in [-0.25, -0.2) is 0 Å². The van der Waals surface area contributed by atoms with Gasteiger partial charge in [0.1, 0.15) is 5.75 Å². The fraction of sp³-hybridized carbons (Fsp3) is 0.357. The number of carbonyl (C=O) groups is 1. The standard InChI is InChI=1S/C14H17NO2/c1-2-17-13-9-5-6-11(10-13)14(16)15-12-7-3-4-8-12/h3,5-7,9-10,12H,2,4,8H2,1H3,(H,15,16). The zero-order valence-electron chi connectivity index (χ0n) is 9.98. The highest BCUT2D eigenvalue weighted by molar-refractivity contribution is 5.94. The van der Waals surface area contributed by atoms with Crippen molar-refractivity contribution in [2.75, 3.05) is 6.61 Å². The summed E-state index contributed by atoms with van der Waals surface area (Å²) in [5, 5.41) is 2.98. The molecule has 0 aliphatic heterocycles. The van der Waals surface area contributed by atoms with Gasteiger partial charge in [-0.1, -0.05) is 18.2 Å². The fourth-order valence-corrected chi connectivity index (χ4v) is 1.90. The first-order chi connectivity index (χ1) is 8.29. The molecule has 0 fully saturated rings. The Morgan fingerprint density at radius 3 is 3.12 bits per heavy atom. The van der Waals surface area contributed by atoms with E-state index < -0.39 is 0 Å². The first kappa shape index (κ1) is 11.7. The van der Waals surface area contributed by atoms with E-state index in [0.717, 1.165) is 18.6 Å². The van der Waals surface area contributed by atoms with Gasteiger partial charge in [0.15, 0.2) is 0 Å². The molecule has 1 aliphatic carbocycles. The molecule has 0 saturated carbocycles. The highest BCUT2D eigenvalue weighted by Gasteiger charge is 2.13. The quantitative estimate of drug-likeness (QED) is 0.809. The topological polar surface area (TPSA) is 38.3 Å². The van der Waals surface area contributed by atoms with Gasteiger partial charge < -0.3 is 10.1 Å². The average molecular weight is 231 g/mol. The second kappa shape index (κ2) is 5.53. The number of allylic oxidation sites excluding steroid dienone is 1. The number of hydrogen-bond donors (Lipinski definition) is 1. The molecule has 0 bridgehead atoms. The normalized spacial score (nSPS) is 18.1. The first-order valence-electron chi connectivity index (χ1n) is 6.00. The fourth-order valence-electron chi connectivity index (χ4n) is 1.90. The Kier molecular flexibility index (Phi) is 3.81. The molecule has 2 rings (SSSR count). The minimum absolute atomic E-state index is 0.0388. The van der Waals surface area contributed by atoms with E-state index in [1.807, 2.05) is 25.1 Å². The van der Waals surface area contributed by atoms with Crippen LogP contribution < -0.4 is 10.1 Å². The van der Waals surface area contributed by atoms with Crippen LogP contribution in [0.5, 0.6) is 5.75 Å². The molecule has 1 N–H and O–H groups in total. The summed E-state index contributed by atoms with van der Waals surface area (Å²) in [6.45, 7) is 2.53. The van der Waals surface area contributed by atoms with Crippen LogP contribution in [-0.2, 0) is 0 Å². The Labute approximate surface area is 101 Å². The summed E-state index contributed by atoms with van der Waals surface area (Å²) >= 11 is 0. The van der Waals surface area contributed by atoms with Crippen molar-refractivity contribution >= 4 is 5.91 Å². The zero-order chi connectivity index (χ0) is 12.1. The van der Waals surface area contributed by atoms with Crippen molar-refractivity contribution in [1.29, 1.82) is 0 Å². The van der Waals surface area contributed by atoms with Gasteiger partial charge in [0.2, 0.25) is 0 Å². The predicted molar refractivity (Wildman–Crippen MR) is 67.2 cm³/mol. The second-order valence-electron chi connectivity index (χ2n) is 4.05. The molecule has 3 heteroatoms. The van der Waals surface area contributed by atoms with E-state index in [2.05, 4.69) is 11.4 Å². The summed E-state index contributed by atoms with van der Waals surface area (Å²) in [5.41, 5.74) is 0.649. The molecular weight excluding hydrogens is 214 g/mol.